The standard InChI is InChI=1S/C15H12O3/c1-18-9-6-7-12-13(8-9)15(17)11-5-3-2-4-10(11)14(12)16/h2-8,10-11H,1H3/t10-,11+/m0/s1. The highest BCUT2D eigenvalue weighted by Crippen LogP contribution is 2.35. The van der Waals surface area contributed by atoms with Gasteiger partial charge in [0.25, 0.3) is 0 Å². The van der Waals surface area contributed by atoms with Crippen LogP contribution in [0.1, 0.15) is 20.7 Å². The summed E-state index contributed by atoms with van der Waals surface area (Å²) in [7, 11) is 1.54. The fourth-order valence-corrected chi connectivity index (χ4v) is 2.54. The molecule has 0 spiro atoms. The summed E-state index contributed by atoms with van der Waals surface area (Å²) in [4.78, 5) is 24.7. The van der Waals surface area contributed by atoms with Crippen LogP contribution in [-0.4, -0.2) is 18.7 Å². The quantitative estimate of drug-likeness (QED) is 0.757. The van der Waals surface area contributed by atoms with Crippen molar-refractivity contribution in [3.05, 3.63) is 53.6 Å². The highest BCUT2D eigenvalue weighted by atomic mass is 16.5. The maximum absolute atomic E-state index is 12.4. The third-order valence-corrected chi connectivity index (χ3v) is 3.50. The van der Waals surface area contributed by atoms with Gasteiger partial charge in [0, 0.05) is 11.1 Å². The minimum absolute atomic E-state index is 0.00546. The van der Waals surface area contributed by atoms with Crippen molar-refractivity contribution in [3.63, 3.8) is 0 Å². The smallest absolute Gasteiger partial charge is 0.171 e. The summed E-state index contributed by atoms with van der Waals surface area (Å²) in [5.74, 6) is -0.0962. The molecular formula is C15H12O3. The number of allylic oxidation sites excluding steroid dienone is 4. The van der Waals surface area contributed by atoms with Gasteiger partial charge in [0.1, 0.15) is 5.75 Å². The highest BCUT2D eigenvalue weighted by molar-refractivity contribution is 6.17. The zero-order chi connectivity index (χ0) is 12.7. The summed E-state index contributed by atoms with van der Waals surface area (Å²) >= 11 is 0. The molecule has 2 atom stereocenters. The predicted octanol–water partition coefficient (Wildman–Crippen LogP) is 2.43. The summed E-state index contributed by atoms with van der Waals surface area (Å²) in [5.41, 5.74) is 0.975. The lowest BCUT2D eigenvalue weighted by molar-refractivity contribution is 0.0801. The minimum Gasteiger partial charge on any atom is -0.497 e. The average molecular weight is 240 g/mol. The number of ether oxygens (including phenoxy) is 1. The largest absolute Gasteiger partial charge is 0.497 e. The Kier molecular flexibility index (Phi) is 2.40. The summed E-state index contributed by atoms with van der Waals surface area (Å²) < 4.78 is 5.10. The Hall–Kier alpha value is -2.16. The number of rotatable bonds is 1. The van der Waals surface area contributed by atoms with Crippen molar-refractivity contribution in [2.45, 2.75) is 0 Å². The topological polar surface area (TPSA) is 43.4 Å². The molecule has 3 nitrogen and oxygen atoms in total. The van der Waals surface area contributed by atoms with E-state index < -0.39 is 0 Å². The Morgan fingerprint density at radius 2 is 1.56 bits per heavy atom. The first-order valence-corrected chi connectivity index (χ1v) is 5.84. The van der Waals surface area contributed by atoms with Crippen LogP contribution >= 0.6 is 0 Å². The summed E-state index contributed by atoms with van der Waals surface area (Å²) in [6, 6.07) is 5.04. The number of Topliss-reactive ketones (excluding diaryl/α,β-unsaturated/α-hetero) is 2. The first-order chi connectivity index (χ1) is 8.72. The van der Waals surface area contributed by atoms with E-state index in [0.29, 0.717) is 16.9 Å². The number of carbonyl (C=O) groups excluding carboxylic acids is 2. The summed E-state index contributed by atoms with van der Waals surface area (Å²) in [5, 5.41) is 0. The van der Waals surface area contributed by atoms with Gasteiger partial charge in [-0.1, -0.05) is 24.3 Å². The fourth-order valence-electron chi connectivity index (χ4n) is 2.54. The number of hydrogen-bond acceptors (Lipinski definition) is 3. The SMILES string of the molecule is COc1ccc2c(c1)C(=O)[C@@H]1C=CC=C[C@@H]1C2=O. The summed E-state index contributed by atoms with van der Waals surface area (Å²) in [6.07, 6.45) is 7.24. The van der Waals surface area contributed by atoms with E-state index in [1.165, 1.54) is 0 Å². The Morgan fingerprint density at radius 1 is 0.944 bits per heavy atom. The lowest BCUT2D eigenvalue weighted by atomic mass is 9.72. The zero-order valence-corrected chi connectivity index (χ0v) is 9.92. The van der Waals surface area contributed by atoms with Gasteiger partial charge < -0.3 is 4.74 Å². The van der Waals surface area contributed by atoms with Gasteiger partial charge in [-0.3, -0.25) is 9.59 Å². The molecule has 0 radical (unpaired) electrons. The molecule has 0 fully saturated rings. The van der Waals surface area contributed by atoms with E-state index in [0.717, 1.165) is 0 Å². The molecule has 0 heterocycles. The van der Waals surface area contributed by atoms with E-state index in [9.17, 15) is 9.59 Å². The Bertz CT molecular complexity index is 596. The first-order valence-electron chi connectivity index (χ1n) is 5.84. The molecule has 18 heavy (non-hydrogen) atoms. The molecule has 90 valence electrons. The van der Waals surface area contributed by atoms with Gasteiger partial charge in [0.2, 0.25) is 0 Å². The first kappa shape index (κ1) is 11.0. The molecule has 0 N–H and O–H groups in total. The van der Waals surface area contributed by atoms with Crippen molar-refractivity contribution in [2.24, 2.45) is 11.8 Å². The number of hydrogen-bond donors (Lipinski definition) is 0. The van der Waals surface area contributed by atoms with Crippen LogP contribution in [0.2, 0.25) is 0 Å². The van der Waals surface area contributed by atoms with Crippen LogP contribution in [0, 0.1) is 11.8 Å². The average Bonchev–Trinajstić information content (AvgIpc) is 2.44. The van der Waals surface area contributed by atoms with Crippen molar-refractivity contribution in [3.8, 4) is 5.75 Å². The molecule has 1 aromatic carbocycles. The maximum atomic E-state index is 12.4. The van der Waals surface area contributed by atoms with Gasteiger partial charge >= 0.3 is 0 Å². The number of fused-ring (bicyclic) bond motifs is 2. The molecule has 0 amide bonds. The molecule has 0 aromatic heterocycles. The van der Waals surface area contributed by atoms with Crippen LogP contribution < -0.4 is 4.74 Å². The van der Waals surface area contributed by atoms with Gasteiger partial charge in [-0.25, -0.2) is 0 Å². The fraction of sp³-hybridized carbons (Fsp3) is 0.200. The van der Waals surface area contributed by atoms with Crippen LogP contribution in [-0.2, 0) is 0 Å². The monoisotopic (exact) mass is 240 g/mol. The molecule has 3 rings (SSSR count). The van der Waals surface area contributed by atoms with Gasteiger partial charge in [-0.15, -0.1) is 0 Å². The van der Waals surface area contributed by atoms with Crippen molar-refractivity contribution in [2.75, 3.05) is 7.11 Å². The number of benzene rings is 1. The van der Waals surface area contributed by atoms with Crippen molar-refractivity contribution in [1.29, 1.82) is 0 Å². The molecule has 1 aromatic rings. The number of methoxy groups -OCH3 is 1. The molecular weight excluding hydrogens is 228 g/mol. The van der Waals surface area contributed by atoms with Crippen molar-refractivity contribution < 1.29 is 14.3 Å². The van der Waals surface area contributed by atoms with Crippen molar-refractivity contribution >= 4 is 11.6 Å². The van der Waals surface area contributed by atoms with Crippen molar-refractivity contribution in [1.82, 2.24) is 0 Å². The van der Waals surface area contributed by atoms with Crippen LogP contribution in [0.4, 0.5) is 0 Å². The van der Waals surface area contributed by atoms with Gasteiger partial charge in [0.05, 0.1) is 18.9 Å². The molecule has 0 aliphatic heterocycles. The van der Waals surface area contributed by atoms with E-state index in [-0.39, 0.29) is 23.4 Å². The van der Waals surface area contributed by atoms with Gasteiger partial charge in [0.15, 0.2) is 11.6 Å². The second-order valence-electron chi connectivity index (χ2n) is 4.46. The molecule has 0 saturated carbocycles. The Labute approximate surface area is 105 Å². The Morgan fingerprint density at radius 3 is 2.17 bits per heavy atom. The highest BCUT2D eigenvalue weighted by Gasteiger charge is 2.39. The lowest BCUT2D eigenvalue weighted by Gasteiger charge is -2.28. The van der Waals surface area contributed by atoms with Gasteiger partial charge in [-0.2, -0.15) is 0 Å². The van der Waals surface area contributed by atoms with E-state index >= 15 is 0 Å². The van der Waals surface area contributed by atoms with Crippen LogP contribution in [0.15, 0.2) is 42.5 Å². The number of carbonyl (C=O) groups is 2. The van der Waals surface area contributed by atoms with Crippen LogP contribution in [0.25, 0.3) is 0 Å². The van der Waals surface area contributed by atoms with E-state index in [4.69, 9.17) is 4.74 Å². The van der Waals surface area contributed by atoms with E-state index in [2.05, 4.69) is 0 Å². The maximum Gasteiger partial charge on any atom is 0.171 e. The molecule has 2 aliphatic rings. The van der Waals surface area contributed by atoms with Gasteiger partial charge in [-0.05, 0) is 18.2 Å². The van der Waals surface area contributed by atoms with Crippen LogP contribution in [0.5, 0.6) is 5.75 Å². The summed E-state index contributed by atoms with van der Waals surface area (Å²) in [6.45, 7) is 0. The van der Waals surface area contributed by atoms with E-state index in [1.54, 1.807) is 37.5 Å². The van der Waals surface area contributed by atoms with Crippen LogP contribution in [0.3, 0.4) is 0 Å². The third-order valence-electron chi connectivity index (χ3n) is 3.50. The predicted molar refractivity (Wildman–Crippen MR) is 66.9 cm³/mol. The normalized spacial score (nSPS) is 24.7. The molecule has 2 aliphatic carbocycles. The third kappa shape index (κ3) is 1.44. The lowest BCUT2D eigenvalue weighted by Crippen LogP contribution is -2.35. The Balaban J connectivity index is 2.17. The number of ketones is 2. The molecule has 0 bridgehead atoms. The van der Waals surface area contributed by atoms with E-state index in [1.807, 2.05) is 12.2 Å². The minimum atomic E-state index is -0.359. The molecule has 3 heteroatoms. The molecule has 0 saturated heterocycles. The molecule has 0 unspecified atom stereocenters. The second kappa shape index (κ2) is 3.95. The zero-order valence-electron chi connectivity index (χ0n) is 9.92. The second-order valence-corrected chi connectivity index (χ2v) is 4.46.